The molecule has 0 bridgehead atoms. The SMILES string of the molecule is CC1Cc2cccc(-c3ccccc3C#N)c2C1=O. The molecule has 0 saturated carbocycles. The number of nitrogens with zero attached hydrogens (tertiary/aromatic N) is 1. The van der Waals surface area contributed by atoms with Crippen LogP contribution in [0.3, 0.4) is 0 Å². The zero-order valence-corrected chi connectivity index (χ0v) is 10.7. The van der Waals surface area contributed by atoms with Gasteiger partial charge in [0.15, 0.2) is 5.78 Å². The second-order valence-corrected chi connectivity index (χ2v) is 4.97. The highest BCUT2D eigenvalue weighted by atomic mass is 16.1. The summed E-state index contributed by atoms with van der Waals surface area (Å²) in [6, 6.07) is 15.6. The third-order valence-corrected chi connectivity index (χ3v) is 3.71. The van der Waals surface area contributed by atoms with Crippen molar-refractivity contribution in [3.63, 3.8) is 0 Å². The Balaban J connectivity index is 2.27. The Bertz CT molecular complexity index is 709. The van der Waals surface area contributed by atoms with E-state index in [1.54, 1.807) is 6.07 Å². The highest BCUT2D eigenvalue weighted by Crippen LogP contribution is 2.35. The first-order valence-corrected chi connectivity index (χ1v) is 6.38. The minimum Gasteiger partial charge on any atom is -0.294 e. The number of rotatable bonds is 1. The van der Waals surface area contributed by atoms with E-state index in [0.29, 0.717) is 5.56 Å². The third kappa shape index (κ3) is 1.75. The molecule has 2 heteroatoms. The van der Waals surface area contributed by atoms with Crippen LogP contribution in [0, 0.1) is 17.2 Å². The van der Waals surface area contributed by atoms with Gasteiger partial charge in [-0.05, 0) is 23.6 Å². The molecule has 0 saturated heterocycles. The topological polar surface area (TPSA) is 40.9 Å². The second-order valence-electron chi connectivity index (χ2n) is 4.97. The van der Waals surface area contributed by atoms with Gasteiger partial charge in [-0.15, -0.1) is 0 Å². The van der Waals surface area contributed by atoms with E-state index in [2.05, 4.69) is 6.07 Å². The van der Waals surface area contributed by atoms with E-state index >= 15 is 0 Å². The number of carbonyl (C=O) groups is 1. The minimum absolute atomic E-state index is 0.0467. The molecule has 2 aromatic rings. The molecular formula is C17H13NO. The van der Waals surface area contributed by atoms with Gasteiger partial charge in [0, 0.05) is 17.0 Å². The first-order chi connectivity index (χ1) is 9.22. The molecule has 19 heavy (non-hydrogen) atoms. The largest absolute Gasteiger partial charge is 0.294 e. The molecule has 1 aliphatic carbocycles. The monoisotopic (exact) mass is 247 g/mol. The number of ketones is 1. The average molecular weight is 247 g/mol. The normalized spacial score (nSPS) is 17.1. The van der Waals surface area contributed by atoms with Crippen LogP contribution in [-0.2, 0) is 6.42 Å². The van der Waals surface area contributed by atoms with E-state index in [4.69, 9.17) is 0 Å². The first-order valence-electron chi connectivity index (χ1n) is 6.38. The van der Waals surface area contributed by atoms with Gasteiger partial charge >= 0.3 is 0 Å². The molecular weight excluding hydrogens is 234 g/mol. The summed E-state index contributed by atoms with van der Waals surface area (Å²) in [5, 5.41) is 9.21. The first kappa shape index (κ1) is 11.7. The van der Waals surface area contributed by atoms with Crippen molar-refractivity contribution in [2.45, 2.75) is 13.3 Å². The van der Waals surface area contributed by atoms with Crippen LogP contribution in [0.4, 0.5) is 0 Å². The Morgan fingerprint density at radius 2 is 1.84 bits per heavy atom. The summed E-state index contributed by atoms with van der Waals surface area (Å²) in [6.07, 6.45) is 0.802. The van der Waals surface area contributed by atoms with Crippen molar-refractivity contribution in [3.05, 3.63) is 59.2 Å². The zero-order chi connectivity index (χ0) is 13.4. The van der Waals surface area contributed by atoms with Gasteiger partial charge in [-0.2, -0.15) is 5.26 Å². The van der Waals surface area contributed by atoms with Crippen molar-refractivity contribution in [2.24, 2.45) is 5.92 Å². The number of carbonyl (C=O) groups excluding carboxylic acids is 1. The fourth-order valence-electron chi connectivity index (χ4n) is 2.77. The quantitative estimate of drug-likeness (QED) is 0.772. The maximum absolute atomic E-state index is 12.3. The van der Waals surface area contributed by atoms with Crippen LogP contribution in [0.2, 0.25) is 0 Å². The molecule has 0 heterocycles. The van der Waals surface area contributed by atoms with Gasteiger partial charge in [0.1, 0.15) is 0 Å². The molecule has 0 spiro atoms. The predicted octanol–water partition coefficient (Wildman–Crippen LogP) is 3.60. The molecule has 92 valence electrons. The molecule has 0 aliphatic heterocycles. The summed E-state index contributed by atoms with van der Waals surface area (Å²) in [5.41, 5.74) is 4.26. The number of hydrogen-bond donors (Lipinski definition) is 0. The van der Waals surface area contributed by atoms with Crippen LogP contribution in [0.25, 0.3) is 11.1 Å². The number of benzene rings is 2. The average Bonchev–Trinajstić information content (AvgIpc) is 2.74. The lowest BCUT2D eigenvalue weighted by Crippen LogP contribution is -2.04. The van der Waals surface area contributed by atoms with Crippen LogP contribution in [0.1, 0.15) is 28.4 Å². The van der Waals surface area contributed by atoms with Crippen LogP contribution >= 0.6 is 0 Å². The van der Waals surface area contributed by atoms with E-state index in [0.717, 1.165) is 28.7 Å². The maximum Gasteiger partial charge on any atom is 0.166 e. The number of nitriles is 1. The Hall–Kier alpha value is -2.40. The van der Waals surface area contributed by atoms with Crippen LogP contribution in [-0.4, -0.2) is 5.78 Å². The molecule has 0 N–H and O–H groups in total. The van der Waals surface area contributed by atoms with Crippen molar-refractivity contribution in [1.82, 2.24) is 0 Å². The predicted molar refractivity (Wildman–Crippen MR) is 73.8 cm³/mol. The van der Waals surface area contributed by atoms with Gasteiger partial charge in [-0.25, -0.2) is 0 Å². The molecule has 2 nitrogen and oxygen atoms in total. The molecule has 2 aromatic carbocycles. The zero-order valence-electron chi connectivity index (χ0n) is 10.7. The summed E-state index contributed by atoms with van der Waals surface area (Å²) in [7, 11) is 0. The molecule has 1 unspecified atom stereocenters. The minimum atomic E-state index is 0.0467. The number of fused-ring (bicyclic) bond motifs is 1. The Labute approximate surface area is 112 Å². The van der Waals surface area contributed by atoms with Gasteiger partial charge in [0.05, 0.1) is 11.6 Å². The molecule has 3 rings (SSSR count). The van der Waals surface area contributed by atoms with E-state index < -0.39 is 0 Å². The van der Waals surface area contributed by atoms with E-state index in [1.165, 1.54) is 0 Å². The Morgan fingerprint density at radius 3 is 2.63 bits per heavy atom. The second kappa shape index (κ2) is 4.37. The maximum atomic E-state index is 12.3. The highest BCUT2D eigenvalue weighted by Gasteiger charge is 2.29. The summed E-state index contributed by atoms with van der Waals surface area (Å²) in [6.45, 7) is 1.96. The van der Waals surface area contributed by atoms with Gasteiger partial charge in [-0.1, -0.05) is 43.3 Å². The van der Waals surface area contributed by atoms with Gasteiger partial charge in [-0.3, -0.25) is 4.79 Å². The van der Waals surface area contributed by atoms with Crippen molar-refractivity contribution in [1.29, 1.82) is 5.26 Å². The molecule has 1 aliphatic rings. The number of Topliss-reactive ketones (excluding diaryl/α,β-unsaturated/α-hetero) is 1. The van der Waals surface area contributed by atoms with Gasteiger partial charge < -0.3 is 0 Å². The Kier molecular flexibility index (Phi) is 2.68. The van der Waals surface area contributed by atoms with Gasteiger partial charge in [0.25, 0.3) is 0 Å². The lowest BCUT2D eigenvalue weighted by Gasteiger charge is -2.09. The van der Waals surface area contributed by atoms with E-state index in [1.807, 2.05) is 43.3 Å². The summed E-state index contributed by atoms with van der Waals surface area (Å²) in [5.74, 6) is 0.240. The third-order valence-electron chi connectivity index (χ3n) is 3.71. The fourth-order valence-corrected chi connectivity index (χ4v) is 2.77. The fraction of sp³-hybridized carbons (Fsp3) is 0.176. The van der Waals surface area contributed by atoms with Crippen molar-refractivity contribution in [2.75, 3.05) is 0 Å². The van der Waals surface area contributed by atoms with E-state index in [-0.39, 0.29) is 11.7 Å². The standard InChI is InChI=1S/C17H13NO/c1-11-9-12-6-4-8-15(16(12)17(11)19)14-7-3-2-5-13(14)10-18/h2-8,11H,9H2,1H3. The molecule has 1 atom stereocenters. The van der Waals surface area contributed by atoms with E-state index in [9.17, 15) is 10.1 Å². The van der Waals surface area contributed by atoms with Crippen LogP contribution < -0.4 is 0 Å². The molecule has 0 amide bonds. The molecule has 0 radical (unpaired) electrons. The van der Waals surface area contributed by atoms with Crippen LogP contribution in [0.5, 0.6) is 0 Å². The van der Waals surface area contributed by atoms with Crippen LogP contribution in [0.15, 0.2) is 42.5 Å². The van der Waals surface area contributed by atoms with Crippen molar-refractivity contribution in [3.8, 4) is 17.2 Å². The number of hydrogen-bond acceptors (Lipinski definition) is 2. The van der Waals surface area contributed by atoms with Gasteiger partial charge in [0.2, 0.25) is 0 Å². The summed E-state index contributed by atoms with van der Waals surface area (Å²) >= 11 is 0. The lowest BCUT2D eigenvalue weighted by atomic mass is 9.93. The lowest BCUT2D eigenvalue weighted by molar-refractivity contribution is 0.0947. The Morgan fingerprint density at radius 1 is 1.11 bits per heavy atom. The molecule has 0 fully saturated rings. The highest BCUT2D eigenvalue weighted by molar-refractivity contribution is 6.07. The van der Waals surface area contributed by atoms with Crippen molar-refractivity contribution < 1.29 is 4.79 Å². The smallest absolute Gasteiger partial charge is 0.166 e. The summed E-state index contributed by atoms with van der Waals surface area (Å²) < 4.78 is 0. The summed E-state index contributed by atoms with van der Waals surface area (Å²) in [4.78, 5) is 12.3. The molecule has 0 aromatic heterocycles. The van der Waals surface area contributed by atoms with Crippen molar-refractivity contribution >= 4 is 5.78 Å².